The van der Waals surface area contributed by atoms with E-state index < -0.39 is 28.1 Å². The molecule has 0 spiro atoms. The van der Waals surface area contributed by atoms with E-state index >= 15 is 0 Å². The monoisotopic (exact) mass is 598 g/mol. The van der Waals surface area contributed by atoms with Crippen LogP contribution in [0.1, 0.15) is 33.9 Å². The first-order valence-corrected chi connectivity index (χ1v) is 14.5. The number of rotatable bonds is 8. The predicted octanol–water partition coefficient (Wildman–Crippen LogP) is 5.25. The zero-order valence-electron chi connectivity index (χ0n) is 21.2. The summed E-state index contributed by atoms with van der Waals surface area (Å²) in [6.45, 7) is 0. The molecular weight excluding hydrogens is 576 g/mol. The van der Waals surface area contributed by atoms with Crippen LogP contribution in [0.25, 0.3) is 11.3 Å². The van der Waals surface area contributed by atoms with Crippen LogP contribution in [0, 0.1) is 0 Å². The van der Waals surface area contributed by atoms with Crippen LogP contribution < -0.4 is 19.7 Å². The van der Waals surface area contributed by atoms with E-state index in [-0.39, 0.29) is 11.3 Å². The molecule has 1 aliphatic heterocycles. The van der Waals surface area contributed by atoms with Gasteiger partial charge in [0.05, 0.1) is 41.4 Å². The molecule has 40 heavy (non-hydrogen) atoms. The van der Waals surface area contributed by atoms with Crippen molar-refractivity contribution in [1.82, 2.24) is 10.3 Å². The second-order valence-corrected chi connectivity index (χ2v) is 11.5. The van der Waals surface area contributed by atoms with Crippen molar-refractivity contribution >= 4 is 56.3 Å². The number of sulfonamides is 1. The van der Waals surface area contributed by atoms with E-state index in [4.69, 9.17) is 33.0 Å². The molecular formula is C27H23ClN4O6S2. The highest BCUT2D eigenvalue weighted by Crippen LogP contribution is 2.45. The zero-order chi connectivity index (χ0) is 28.6. The van der Waals surface area contributed by atoms with Gasteiger partial charge in [0, 0.05) is 17.4 Å². The van der Waals surface area contributed by atoms with Crippen LogP contribution in [0.2, 0.25) is 5.02 Å². The second kappa shape index (κ2) is 10.8. The third kappa shape index (κ3) is 5.46. The van der Waals surface area contributed by atoms with Gasteiger partial charge < -0.3 is 24.5 Å². The van der Waals surface area contributed by atoms with Crippen LogP contribution >= 0.6 is 23.8 Å². The van der Waals surface area contributed by atoms with E-state index in [2.05, 4.69) is 15.0 Å². The fourth-order valence-electron chi connectivity index (χ4n) is 4.55. The van der Waals surface area contributed by atoms with E-state index in [0.717, 1.165) is 6.26 Å². The number of aromatic carboxylic acids is 1. The van der Waals surface area contributed by atoms with Crippen LogP contribution in [-0.4, -0.2) is 43.0 Å². The number of hydrogen-bond donors (Lipinski definition) is 3. The lowest BCUT2D eigenvalue weighted by molar-refractivity contribution is 0.0697. The number of hydrogen-bond acceptors (Lipinski definition) is 7. The Kier molecular flexibility index (Phi) is 7.41. The molecule has 1 fully saturated rings. The number of benzene rings is 2. The summed E-state index contributed by atoms with van der Waals surface area (Å²) in [6, 6.07) is 17.4. The molecule has 2 aromatic heterocycles. The lowest BCUT2D eigenvalue weighted by atomic mass is 10.0. The standard InChI is InChI=1S/C27H23ClN4O6S2/c1-37-22-9-7-16(14-20(22)31-40(2,35)36)32-25(24(30-27(32)39)19-5-3-4-12-29-19)23-11-10-21(38-23)17-13-15(26(33)34)6-8-18(17)28/h3-14,24-25,31H,1-2H3,(H,30,39)(H,33,34)/t24-,25+/m1/s1. The summed E-state index contributed by atoms with van der Waals surface area (Å²) in [6.07, 6.45) is 2.72. The van der Waals surface area contributed by atoms with Gasteiger partial charge in [-0.15, -0.1) is 0 Å². The summed E-state index contributed by atoms with van der Waals surface area (Å²) in [4.78, 5) is 17.9. The minimum absolute atomic E-state index is 0.0678. The summed E-state index contributed by atoms with van der Waals surface area (Å²) in [7, 11) is -2.16. The molecule has 0 unspecified atom stereocenters. The topological polar surface area (TPSA) is 134 Å². The molecule has 0 amide bonds. The van der Waals surface area contributed by atoms with E-state index in [1.165, 1.54) is 25.3 Å². The van der Waals surface area contributed by atoms with Crippen LogP contribution in [0.5, 0.6) is 5.75 Å². The zero-order valence-corrected chi connectivity index (χ0v) is 23.5. The molecule has 3 heterocycles. The number of aromatic nitrogens is 1. The van der Waals surface area contributed by atoms with Gasteiger partial charge in [0.25, 0.3) is 0 Å². The average Bonchev–Trinajstić information content (AvgIpc) is 3.53. The number of carboxylic acid groups (broad SMARTS) is 1. The highest BCUT2D eigenvalue weighted by atomic mass is 35.5. The summed E-state index contributed by atoms with van der Waals surface area (Å²) >= 11 is 12.1. The first-order valence-electron chi connectivity index (χ1n) is 11.8. The summed E-state index contributed by atoms with van der Waals surface area (Å²) in [5, 5.41) is 13.4. The maximum atomic E-state index is 12.0. The Morgan fingerprint density at radius 3 is 2.65 bits per heavy atom. The molecule has 0 bridgehead atoms. The van der Waals surface area contributed by atoms with Gasteiger partial charge in [0.1, 0.15) is 23.3 Å². The van der Waals surface area contributed by atoms with Crippen LogP contribution in [0.3, 0.4) is 0 Å². The number of nitrogens with one attached hydrogen (secondary N) is 2. The van der Waals surface area contributed by atoms with Crippen molar-refractivity contribution in [3.8, 4) is 17.1 Å². The molecule has 2 aromatic carbocycles. The molecule has 13 heteroatoms. The largest absolute Gasteiger partial charge is 0.495 e. The Morgan fingerprint density at radius 2 is 1.98 bits per heavy atom. The number of furan rings is 1. The molecule has 1 aliphatic rings. The third-order valence-electron chi connectivity index (χ3n) is 6.25. The molecule has 0 aliphatic carbocycles. The molecule has 206 valence electrons. The van der Waals surface area contributed by atoms with E-state index in [9.17, 15) is 18.3 Å². The van der Waals surface area contributed by atoms with E-state index in [1.54, 1.807) is 47.5 Å². The van der Waals surface area contributed by atoms with Crippen LogP contribution in [0.4, 0.5) is 11.4 Å². The SMILES string of the molecule is COc1ccc(N2C(=S)N[C@H](c3ccccn3)[C@@H]2c2ccc(-c3cc(C(=O)O)ccc3Cl)o2)cc1NS(C)(=O)=O. The average molecular weight is 599 g/mol. The van der Waals surface area contributed by atoms with Crippen molar-refractivity contribution in [3.63, 3.8) is 0 Å². The normalized spacial score (nSPS) is 17.0. The van der Waals surface area contributed by atoms with Crippen molar-refractivity contribution in [3.05, 3.63) is 95.0 Å². The van der Waals surface area contributed by atoms with Gasteiger partial charge in [-0.2, -0.15) is 0 Å². The third-order valence-corrected chi connectivity index (χ3v) is 7.49. The fourth-order valence-corrected chi connectivity index (χ4v) is 5.67. The summed E-state index contributed by atoms with van der Waals surface area (Å²) in [5.74, 6) is 0.103. The maximum absolute atomic E-state index is 12.0. The predicted molar refractivity (Wildman–Crippen MR) is 156 cm³/mol. The van der Waals surface area contributed by atoms with Gasteiger partial charge in [-0.3, -0.25) is 9.71 Å². The Morgan fingerprint density at radius 1 is 1.18 bits per heavy atom. The second-order valence-electron chi connectivity index (χ2n) is 8.96. The first kappa shape index (κ1) is 27.4. The molecule has 0 saturated carbocycles. The van der Waals surface area contributed by atoms with Gasteiger partial charge in [-0.25, -0.2) is 13.2 Å². The number of nitrogens with zero attached hydrogens (tertiary/aromatic N) is 2. The van der Waals surface area contributed by atoms with Crippen LogP contribution in [0.15, 0.2) is 77.3 Å². The van der Waals surface area contributed by atoms with Gasteiger partial charge in [0.2, 0.25) is 10.0 Å². The number of pyridine rings is 1. The molecule has 2 atom stereocenters. The summed E-state index contributed by atoms with van der Waals surface area (Å²) < 4.78 is 38.2. The Hall–Kier alpha value is -4.13. The smallest absolute Gasteiger partial charge is 0.335 e. The molecule has 4 aromatic rings. The van der Waals surface area contributed by atoms with Gasteiger partial charge in [0.15, 0.2) is 5.11 Å². The Labute approximate surface area is 240 Å². The van der Waals surface area contributed by atoms with Crippen molar-refractivity contribution in [2.75, 3.05) is 23.0 Å². The fraction of sp³-hybridized carbons (Fsp3) is 0.148. The minimum atomic E-state index is -3.60. The van der Waals surface area contributed by atoms with Crippen molar-refractivity contribution in [2.45, 2.75) is 12.1 Å². The molecule has 5 rings (SSSR count). The van der Waals surface area contributed by atoms with Crippen molar-refractivity contribution in [1.29, 1.82) is 0 Å². The number of ether oxygens (including phenoxy) is 1. The Balaban J connectivity index is 1.63. The van der Waals surface area contributed by atoms with Gasteiger partial charge in [-0.1, -0.05) is 17.7 Å². The number of carbonyl (C=O) groups is 1. The summed E-state index contributed by atoms with van der Waals surface area (Å²) in [5.41, 5.74) is 1.99. The number of carboxylic acids is 1. The lowest BCUT2D eigenvalue weighted by Crippen LogP contribution is -2.29. The van der Waals surface area contributed by atoms with Crippen molar-refractivity contribution in [2.24, 2.45) is 0 Å². The lowest BCUT2D eigenvalue weighted by Gasteiger charge is -2.27. The van der Waals surface area contributed by atoms with Gasteiger partial charge in [-0.05, 0) is 72.9 Å². The molecule has 10 nitrogen and oxygen atoms in total. The number of anilines is 2. The van der Waals surface area contributed by atoms with Crippen LogP contribution in [-0.2, 0) is 10.0 Å². The molecule has 0 radical (unpaired) electrons. The molecule has 3 N–H and O–H groups in total. The quantitative estimate of drug-likeness (QED) is 0.231. The number of halogens is 1. The highest BCUT2D eigenvalue weighted by molar-refractivity contribution is 7.92. The molecule has 1 saturated heterocycles. The van der Waals surface area contributed by atoms with E-state index in [0.29, 0.717) is 44.3 Å². The Bertz CT molecular complexity index is 1710. The number of methoxy groups -OCH3 is 1. The number of thiocarbonyl (C=S) groups is 1. The maximum Gasteiger partial charge on any atom is 0.335 e. The van der Waals surface area contributed by atoms with Crippen molar-refractivity contribution < 1.29 is 27.5 Å². The van der Waals surface area contributed by atoms with E-state index in [1.807, 2.05) is 12.1 Å². The first-order chi connectivity index (χ1) is 19.1. The highest BCUT2D eigenvalue weighted by Gasteiger charge is 2.43. The van der Waals surface area contributed by atoms with Gasteiger partial charge >= 0.3 is 5.97 Å². The minimum Gasteiger partial charge on any atom is -0.495 e.